The molecule has 1 atom stereocenters. The second kappa shape index (κ2) is 5.05. The van der Waals surface area contributed by atoms with Crippen LogP contribution in [0.25, 0.3) is 0 Å². The second-order valence-corrected chi connectivity index (χ2v) is 3.79. The summed E-state index contributed by atoms with van der Waals surface area (Å²) in [6.07, 6.45) is 0. The molecule has 0 aromatic heterocycles. The molecule has 1 aliphatic rings. The van der Waals surface area contributed by atoms with E-state index >= 15 is 0 Å². The first-order valence-corrected chi connectivity index (χ1v) is 5.49. The van der Waals surface area contributed by atoms with Gasteiger partial charge in [0.1, 0.15) is 6.04 Å². The Labute approximate surface area is 100 Å². The molecule has 5 heteroatoms. The van der Waals surface area contributed by atoms with Crippen LogP contribution in [0.4, 0.5) is 0 Å². The number of hydrogen-bond donors (Lipinski definition) is 2. The third-order valence-corrected chi connectivity index (χ3v) is 2.78. The van der Waals surface area contributed by atoms with Gasteiger partial charge in [-0.2, -0.15) is 0 Å². The number of piperazine rings is 1. The molecule has 0 radical (unpaired) electrons. The first kappa shape index (κ1) is 11.7. The van der Waals surface area contributed by atoms with Crippen LogP contribution < -0.4 is 20.1 Å². The summed E-state index contributed by atoms with van der Waals surface area (Å²) >= 11 is 0. The number of ether oxygens (including phenoxy) is 2. The minimum atomic E-state index is -0.316. The van der Waals surface area contributed by atoms with Crippen molar-refractivity contribution in [2.75, 3.05) is 27.3 Å². The fraction of sp³-hybridized carbons (Fsp3) is 0.417. The summed E-state index contributed by atoms with van der Waals surface area (Å²) in [6.45, 7) is 1.44. The van der Waals surface area contributed by atoms with Gasteiger partial charge in [-0.3, -0.25) is 4.79 Å². The Hall–Kier alpha value is -1.75. The monoisotopic (exact) mass is 236 g/mol. The van der Waals surface area contributed by atoms with Gasteiger partial charge in [0.15, 0.2) is 11.5 Å². The number of benzene rings is 1. The minimum absolute atomic E-state index is 0.0107. The molecule has 1 heterocycles. The summed E-state index contributed by atoms with van der Waals surface area (Å²) in [5, 5.41) is 5.99. The van der Waals surface area contributed by atoms with Gasteiger partial charge in [0.05, 0.1) is 14.2 Å². The van der Waals surface area contributed by atoms with Crippen LogP contribution in [0.1, 0.15) is 11.6 Å². The van der Waals surface area contributed by atoms with Crippen LogP contribution in [0.15, 0.2) is 18.2 Å². The number of carbonyl (C=O) groups is 1. The first-order chi connectivity index (χ1) is 8.26. The number of hydrogen-bond acceptors (Lipinski definition) is 4. The maximum Gasteiger partial charge on any atom is 0.241 e. The van der Waals surface area contributed by atoms with Gasteiger partial charge in [0.25, 0.3) is 0 Å². The highest BCUT2D eigenvalue weighted by molar-refractivity contribution is 5.84. The van der Waals surface area contributed by atoms with Gasteiger partial charge >= 0.3 is 0 Å². The second-order valence-electron chi connectivity index (χ2n) is 3.79. The highest BCUT2D eigenvalue weighted by atomic mass is 16.5. The SMILES string of the molecule is COc1ccc(C2NCCNC2=O)cc1OC. The van der Waals surface area contributed by atoms with Crippen LogP contribution in [0.5, 0.6) is 11.5 Å². The fourth-order valence-corrected chi connectivity index (χ4v) is 1.90. The van der Waals surface area contributed by atoms with Crippen molar-refractivity contribution < 1.29 is 14.3 Å². The maximum atomic E-state index is 11.7. The van der Waals surface area contributed by atoms with Crippen LogP contribution in [-0.2, 0) is 4.79 Å². The molecule has 5 nitrogen and oxygen atoms in total. The lowest BCUT2D eigenvalue weighted by Crippen LogP contribution is -2.47. The van der Waals surface area contributed by atoms with Crippen molar-refractivity contribution >= 4 is 5.91 Å². The van der Waals surface area contributed by atoms with Crippen LogP contribution in [0, 0.1) is 0 Å². The first-order valence-electron chi connectivity index (χ1n) is 5.49. The van der Waals surface area contributed by atoms with Crippen molar-refractivity contribution in [3.63, 3.8) is 0 Å². The van der Waals surface area contributed by atoms with Gasteiger partial charge in [-0.15, -0.1) is 0 Å². The van der Waals surface area contributed by atoms with Gasteiger partial charge < -0.3 is 20.1 Å². The lowest BCUT2D eigenvalue weighted by molar-refractivity contribution is -0.124. The molecule has 17 heavy (non-hydrogen) atoms. The molecule has 1 saturated heterocycles. The summed E-state index contributed by atoms with van der Waals surface area (Å²) in [7, 11) is 3.17. The van der Waals surface area contributed by atoms with Crippen LogP contribution in [-0.4, -0.2) is 33.2 Å². The summed E-state index contributed by atoms with van der Waals surface area (Å²) in [6, 6.07) is 5.17. The van der Waals surface area contributed by atoms with E-state index in [4.69, 9.17) is 9.47 Å². The van der Waals surface area contributed by atoms with E-state index in [1.54, 1.807) is 20.3 Å². The molecular weight excluding hydrogens is 220 g/mol. The van der Waals surface area contributed by atoms with E-state index in [0.29, 0.717) is 18.0 Å². The van der Waals surface area contributed by atoms with E-state index in [1.165, 1.54) is 0 Å². The van der Waals surface area contributed by atoms with E-state index in [2.05, 4.69) is 10.6 Å². The zero-order chi connectivity index (χ0) is 12.3. The zero-order valence-electron chi connectivity index (χ0n) is 9.95. The number of methoxy groups -OCH3 is 2. The van der Waals surface area contributed by atoms with Crippen molar-refractivity contribution in [3.8, 4) is 11.5 Å². The third kappa shape index (κ3) is 2.34. The summed E-state index contributed by atoms with van der Waals surface area (Å²) in [5.74, 6) is 1.28. The van der Waals surface area contributed by atoms with Gasteiger partial charge in [-0.05, 0) is 17.7 Å². The molecule has 0 spiro atoms. The Morgan fingerprint density at radius 2 is 1.94 bits per heavy atom. The molecule has 2 N–H and O–H groups in total. The Bertz CT molecular complexity index is 420. The van der Waals surface area contributed by atoms with Gasteiger partial charge in [0.2, 0.25) is 5.91 Å². The fourth-order valence-electron chi connectivity index (χ4n) is 1.90. The molecule has 1 amide bonds. The predicted octanol–water partition coefficient (Wildman–Crippen LogP) is 0.464. The highest BCUT2D eigenvalue weighted by Crippen LogP contribution is 2.30. The Balaban J connectivity index is 2.29. The number of carbonyl (C=O) groups excluding carboxylic acids is 1. The summed E-state index contributed by atoms with van der Waals surface area (Å²) < 4.78 is 10.4. The molecule has 0 bridgehead atoms. The maximum absolute atomic E-state index is 11.7. The zero-order valence-corrected chi connectivity index (χ0v) is 9.95. The number of nitrogens with one attached hydrogen (secondary N) is 2. The van der Waals surface area contributed by atoms with Crippen molar-refractivity contribution in [1.82, 2.24) is 10.6 Å². The molecular formula is C12H16N2O3. The number of amides is 1. The quantitative estimate of drug-likeness (QED) is 0.800. The van der Waals surface area contributed by atoms with Crippen LogP contribution in [0.3, 0.4) is 0 Å². The van der Waals surface area contributed by atoms with Crippen LogP contribution >= 0.6 is 0 Å². The molecule has 0 saturated carbocycles. The average Bonchev–Trinajstić information content (AvgIpc) is 2.38. The molecule has 1 aromatic carbocycles. The smallest absolute Gasteiger partial charge is 0.241 e. The average molecular weight is 236 g/mol. The summed E-state index contributed by atoms with van der Waals surface area (Å²) in [4.78, 5) is 11.7. The Morgan fingerprint density at radius 3 is 2.59 bits per heavy atom. The van der Waals surface area contributed by atoms with E-state index in [0.717, 1.165) is 12.1 Å². The van der Waals surface area contributed by atoms with E-state index in [9.17, 15) is 4.79 Å². The van der Waals surface area contributed by atoms with Crippen LogP contribution in [0.2, 0.25) is 0 Å². The van der Waals surface area contributed by atoms with E-state index in [-0.39, 0.29) is 11.9 Å². The highest BCUT2D eigenvalue weighted by Gasteiger charge is 2.24. The largest absolute Gasteiger partial charge is 0.493 e. The van der Waals surface area contributed by atoms with Crippen molar-refractivity contribution in [2.24, 2.45) is 0 Å². The van der Waals surface area contributed by atoms with Crippen molar-refractivity contribution in [3.05, 3.63) is 23.8 Å². The molecule has 0 aliphatic carbocycles. The minimum Gasteiger partial charge on any atom is -0.493 e. The normalized spacial score (nSPS) is 19.6. The molecule has 1 fully saturated rings. The number of rotatable bonds is 3. The van der Waals surface area contributed by atoms with Gasteiger partial charge in [-0.25, -0.2) is 0 Å². The molecule has 1 aromatic rings. The van der Waals surface area contributed by atoms with E-state index < -0.39 is 0 Å². The van der Waals surface area contributed by atoms with Gasteiger partial charge in [0, 0.05) is 13.1 Å². The topological polar surface area (TPSA) is 59.6 Å². The third-order valence-electron chi connectivity index (χ3n) is 2.78. The molecule has 2 rings (SSSR count). The standard InChI is InChI=1S/C12H16N2O3/c1-16-9-4-3-8(7-10(9)17-2)11-12(15)14-6-5-13-11/h3-4,7,11,13H,5-6H2,1-2H3,(H,14,15). The van der Waals surface area contributed by atoms with E-state index in [1.807, 2.05) is 12.1 Å². The molecule has 92 valence electrons. The Kier molecular flexibility index (Phi) is 3.49. The van der Waals surface area contributed by atoms with Gasteiger partial charge in [-0.1, -0.05) is 6.07 Å². The van der Waals surface area contributed by atoms with Crippen molar-refractivity contribution in [1.29, 1.82) is 0 Å². The summed E-state index contributed by atoms with van der Waals surface area (Å²) in [5.41, 5.74) is 0.875. The lowest BCUT2D eigenvalue weighted by atomic mass is 10.0. The van der Waals surface area contributed by atoms with Crippen molar-refractivity contribution in [2.45, 2.75) is 6.04 Å². The lowest BCUT2D eigenvalue weighted by Gasteiger charge is -2.24. The molecule has 1 unspecified atom stereocenters. The Morgan fingerprint density at radius 1 is 1.18 bits per heavy atom. The molecule has 1 aliphatic heterocycles. The predicted molar refractivity (Wildman–Crippen MR) is 63.3 cm³/mol.